The van der Waals surface area contributed by atoms with Crippen LogP contribution in [0.1, 0.15) is 38.2 Å². The van der Waals surface area contributed by atoms with Crippen molar-refractivity contribution in [1.29, 1.82) is 0 Å². The summed E-state index contributed by atoms with van der Waals surface area (Å²) in [5.74, 6) is 0.900. The highest BCUT2D eigenvalue weighted by Crippen LogP contribution is 2.50. The lowest BCUT2D eigenvalue weighted by atomic mass is 9.90. The van der Waals surface area contributed by atoms with Gasteiger partial charge in [0, 0.05) is 18.5 Å². The summed E-state index contributed by atoms with van der Waals surface area (Å²) >= 11 is 6.18. The topological polar surface area (TPSA) is 20.3 Å². The average Bonchev–Trinajstić information content (AvgIpc) is 3.29. The molecule has 1 unspecified atom stereocenters. The van der Waals surface area contributed by atoms with E-state index in [1.807, 2.05) is 18.2 Å². The van der Waals surface area contributed by atoms with Crippen LogP contribution < -0.4 is 0 Å². The zero-order chi connectivity index (χ0) is 14.2. The first-order valence-electron chi connectivity index (χ1n) is 7.62. The molecule has 1 aromatic rings. The zero-order valence-electron chi connectivity index (χ0n) is 12.0. The van der Waals surface area contributed by atoms with Gasteiger partial charge in [-0.2, -0.15) is 0 Å². The van der Waals surface area contributed by atoms with Crippen molar-refractivity contribution in [3.05, 3.63) is 35.9 Å². The largest absolute Gasteiger partial charge is 0.342 e. The lowest BCUT2D eigenvalue weighted by Crippen LogP contribution is -2.45. The summed E-state index contributed by atoms with van der Waals surface area (Å²) in [5.41, 5.74) is 0.985. The monoisotopic (exact) mass is 291 g/mol. The van der Waals surface area contributed by atoms with Crippen molar-refractivity contribution < 1.29 is 4.79 Å². The summed E-state index contributed by atoms with van der Waals surface area (Å²) in [6, 6.07) is 10.3. The van der Waals surface area contributed by atoms with E-state index in [9.17, 15) is 4.79 Å². The van der Waals surface area contributed by atoms with Gasteiger partial charge in [0.15, 0.2) is 0 Å². The lowest BCUT2D eigenvalue weighted by Gasteiger charge is -2.35. The Hall–Kier alpha value is -1.02. The molecule has 0 aromatic heterocycles. The Morgan fingerprint density at radius 3 is 2.35 bits per heavy atom. The molecule has 2 aliphatic rings. The molecule has 0 bridgehead atoms. The predicted molar refractivity (Wildman–Crippen MR) is 82.0 cm³/mol. The fourth-order valence-corrected chi connectivity index (χ4v) is 3.62. The maximum absolute atomic E-state index is 12.9. The van der Waals surface area contributed by atoms with Crippen molar-refractivity contribution in [3.8, 4) is 0 Å². The van der Waals surface area contributed by atoms with Gasteiger partial charge in [0.1, 0.15) is 0 Å². The molecule has 2 fully saturated rings. The zero-order valence-corrected chi connectivity index (χ0v) is 12.8. The lowest BCUT2D eigenvalue weighted by molar-refractivity contribution is -0.135. The first kappa shape index (κ1) is 13.9. The number of hydrogen-bond donors (Lipinski definition) is 0. The quantitative estimate of drug-likeness (QED) is 0.780. The summed E-state index contributed by atoms with van der Waals surface area (Å²) in [5, 5.41) is 0.219. The number of alkyl halides is 1. The summed E-state index contributed by atoms with van der Waals surface area (Å²) < 4.78 is 0. The number of hydrogen-bond acceptors (Lipinski definition) is 1. The molecule has 1 saturated carbocycles. The van der Waals surface area contributed by atoms with Crippen LogP contribution in [0.15, 0.2) is 30.3 Å². The maximum atomic E-state index is 12.9. The number of nitrogens with zero attached hydrogens (tertiary/aromatic N) is 1. The van der Waals surface area contributed by atoms with Crippen LogP contribution >= 0.6 is 11.6 Å². The molecule has 3 rings (SSSR count). The molecule has 20 heavy (non-hydrogen) atoms. The minimum absolute atomic E-state index is 0.208. The molecular formula is C17H22ClNO. The van der Waals surface area contributed by atoms with E-state index in [-0.39, 0.29) is 10.8 Å². The van der Waals surface area contributed by atoms with Gasteiger partial charge in [0.05, 0.1) is 5.41 Å². The van der Waals surface area contributed by atoms with Gasteiger partial charge in [-0.25, -0.2) is 0 Å². The normalized spacial score (nSPS) is 23.4. The Labute approximate surface area is 126 Å². The van der Waals surface area contributed by atoms with Crippen LogP contribution in [0, 0.1) is 5.92 Å². The van der Waals surface area contributed by atoms with Crippen molar-refractivity contribution in [2.75, 3.05) is 13.1 Å². The fourth-order valence-electron chi connectivity index (χ4n) is 3.37. The maximum Gasteiger partial charge on any atom is 0.233 e. The smallest absolute Gasteiger partial charge is 0.233 e. The first-order valence-corrected chi connectivity index (χ1v) is 8.06. The minimum atomic E-state index is -0.208. The molecule has 0 N–H and O–H groups in total. The molecule has 3 heteroatoms. The predicted octanol–water partition coefficient (Wildman–Crippen LogP) is 3.58. The van der Waals surface area contributed by atoms with E-state index in [1.54, 1.807) is 0 Å². The number of rotatable bonds is 3. The van der Waals surface area contributed by atoms with E-state index in [1.165, 1.54) is 5.56 Å². The van der Waals surface area contributed by atoms with E-state index in [2.05, 4.69) is 24.0 Å². The first-order chi connectivity index (χ1) is 9.63. The van der Waals surface area contributed by atoms with E-state index in [4.69, 9.17) is 11.6 Å². The standard InChI is InChI=1S/C17H22ClNO/c1-13(18)14-7-11-19(12-8-14)16(20)17(9-10-17)15-5-3-2-4-6-15/h2-6,13-14H,7-12H2,1H3. The Kier molecular flexibility index (Phi) is 3.76. The minimum Gasteiger partial charge on any atom is -0.342 e. The fraction of sp³-hybridized carbons (Fsp3) is 0.588. The van der Waals surface area contributed by atoms with Crippen LogP contribution in [0.25, 0.3) is 0 Å². The van der Waals surface area contributed by atoms with Crippen LogP contribution in [0.5, 0.6) is 0 Å². The number of benzene rings is 1. The second-order valence-corrected chi connectivity index (χ2v) is 6.94. The van der Waals surface area contributed by atoms with Crippen molar-refractivity contribution >= 4 is 17.5 Å². The summed E-state index contributed by atoms with van der Waals surface area (Å²) in [7, 11) is 0. The Balaban J connectivity index is 1.69. The third kappa shape index (κ3) is 2.46. The highest BCUT2D eigenvalue weighted by atomic mass is 35.5. The molecule has 1 aliphatic carbocycles. The van der Waals surface area contributed by atoms with Crippen molar-refractivity contribution in [2.24, 2.45) is 5.92 Å². The van der Waals surface area contributed by atoms with E-state index >= 15 is 0 Å². The highest BCUT2D eigenvalue weighted by Gasteiger charge is 2.53. The van der Waals surface area contributed by atoms with Gasteiger partial charge in [-0.05, 0) is 44.1 Å². The van der Waals surface area contributed by atoms with Crippen molar-refractivity contribution in [1.82, 2.24) is 4.90 Å². The molecule has 0 radical (unpaired) electrons. The molecule has 1 atom stereocenters. The van der Waals surface area contributed by atoms with E-state index in [0.717, 1.165) is 38.8 Å². The second kappa shape index (κ2) is 5.40. The average molecular weight is 292 g/mol. The number of amides is 1. The van der Waals surface area contributed by atoms with Crippen molar-refractivity contribution in [2.45, 2.75) is 43.4 Å². The molecule has 1 saturated heterocycles. The molecule has 1 aliphatic heterocycles. The van der Waals surface area contributed by atoms with Gasteiger partial charge in [0.25, 0.3) is 0 Å². The van der Waals surface area contributed by atoms with Gasteiger partial charge in [-0.3, -0.25) is 4.79 Å². The van der Waals surface area contributed by atoms with Gasteiger partial charge in [-0.1, -0.05) is 30.3 Å². The SMILES string of the molecule is CC(Cl)C1CCN(C(=O)C2(c3ccccc3)CC2)CC1. The summed E-state index contributed by atoms with van der Waals surface area (Å²) in [4.78, 5) is 14.9. The molecular weight excluding hydrogens is 270 g/mol. The number of likely N-dealkylation sites (tertiary alicyclic amines) is 1. The Morgan fingerprint density at radius 2 is 1.85 bits per heavy atom. The van der Waals surface area contributed by atoms with Gasteiger partial charge < -0.3 is 4.90 Å². The van der Waals surface area contributed by atoms with Crippen LogP contribution in [0.3, 0.4) is 0 Å². The number of carbonyl (C=O) groups excluding carboxylic acids is 1. The van der Waals surface area contributed by atoms with E-state index in [0.29, 0.717) is 11.8 Å². The van der Waals surface area contributed by atoms with Crippen LogP contribution in [0.4, 0.5) is 0 Å². The summed E-state index contributed by atoms with van der Waals surface area (Å²) in [6.45, 7) is 3.81. The molecule has 2 nitrogen and oxygen atoms in total. The Bertz CT molecular complexity index is 473. The number of halogens is 1. The third-order valence-corrected chi connectivity index (χ3v) is 5.32. The number of carbonyl (C=O) groups is 1. The molecule has 0 spiro atoms. The van der Waals surface area contributed by atoms with E-state index < -0.39 is 0 Å². The van der Waals surface area contributed by atoms with Crippen molar-refractivity contribution in [3.63, 3.8) is 0 Å². The highest BCUT2D eigenvalue weighted by molar-refractivity contribution is 6.20. The van der Waals surface area contributed by atoms with Crippen LogP contribution in [-0.2, 0) is 10.2 Å². The third-order valence-electron chi connectivity index (χ3n) is 4.96. The van der Waals surface area contributed by atoms with Gasteiger partial charge >= 0.3 is 0 Å². The molecule has 108 valence electrons. The number of piperidine rings is 1. The van der Waals surface area contributed by atoms with Crippen LogP contribution in [-0.4, -0.2) is 29.3 Å². The molecule has 1 heterocycles. The summed E-state index contributed by atoms with van der Waals surface area (Å²) in [6.07, 6.45) is 4.09. The molecule has 1 amide bonds. The Morgan fingerprint density at radius 1 is 1.25 bits per heavy atom. The second-order valence-electron chi connectivity index (χ2n) is 6.26. The molecule has 1 aromatic carbocycles. The van der Waals surface area contributed by atoms with Gasteiger partial charge in [-0.15, -0.1) is 11.6 Å². The van der Waals surface area contributed by atoms with Crippen LogP contribution in [0.2, 0.25) is 0 Å². The van der Waals surface area contributed by atoms with Gasteiger partial charge in [0.2, 0.25) is 5.91 Å².